The molecule has 0 spiro atoms. The van der Waals surface area contributed by atoms with Gasteiger partial charge in [-0.2, -0.15) is 15.8 Å². The van der Waals surface area contributed by atoms with Gasteiger partial charge in [-0.25, -0.2) is 26.3 Å². The van der Waals surface area contributed by atoms with Crippen LogP contribution in [0.4, 0.5) is 26.3 Å². The van der Waals surface area contributed by atoms with E-state index in [1.807, 2.05) is 48.5 Å². The molecule has 532 valence electrons. The lowest BCUT2D eigenvalue weighted by molar-refractivity contribution is -0.172. The van der Waals surface area contributed by atoms with E-state index in [0.29, 0.717) is 33.8 Å². The summed E-state index contributed by atoms with van der Waals surface area (Å²) >= 11 is 0. The number of alkyl halides is 6. The molecule has 6 fully saturated rings. The number of hydrogen-bond donors (Lipinski definition) is 1. The number of nitrogens with zero attached hydrogens (tertiary/aromatic N) is 7. The molecule has 7 aliphatic rings. The second-order valence-corrected chi connectivity index (χ2v) is 28.3. The highest BCUT2D eigenvalue weighted by atomic mass is 19.3. The molecule has 3 saturated heterocycles. The summed E-state index contributed by atoms with van der Waals surface area (Å²) < 4.78 is 107. The molecule has 0 unspecified atom stereocenters. The van der Waals surface area contributed by atoms with Crippen molar-refractivity contribution in [3.63, 3.8) is 0 Å². The smallest absolute Gasteiger partial charge is 0.314 e. The number of ether oxygens (including phenoxy) is 3. The van der Waals surface area contributed by atoms with Gasteiger partial charge in [-0.15, -0.1) is 0 Å². The zero-order valence-electron chi connectivity index (χ0n) is 57.7. The number of cyclic esters (lactones) is 3. The number of fused-ring (bicyclic) bond motifs is 4. The quantitative estimate of drug-likeness (QED) is 0.0517. The van der Waals surface area contributed by atoms with Gasteiger partial charge in [0.1, 0.15) is 18.3 Å². The molecule has 16 nitrogen and oxygen atoms in total. The van der Waals surface area contributed by atoms with Crippen molar-refractivity contribution < 1.29 is 64.5 Å². The number of benzene rings is 4. The monoisotopic (exact) mass is 1410 g/mol. The Morgan fingerprint density at radius 3 is 1.21 bits per heavy atom. The fraction of sp³-hybridized carbons (Fsp3) is 0.354. The number of rotatable bonds is 12. The highest BCUT2D eigenvalue weighted by Crippen LogP contribution is 2.62. The average Bonchev–Trinajstić information content (AvgIpc) is 1.51. The van der Waals surface area contributed by atoms with Crippen molar-refractivity contribution in [1.82, 2.24) is 19.9 Å². The average molecular weight is 1410 g/mol. The van der Waals surface area contributed by atoms with E-state index in [2.05, 4.69) is 33.2 Å². The van der Waals surface area contributed by atoms with Gasteiger partial charge in [0.25, 0.3) is 29.6 Å². The Hall–Kier alpha value is -10.9. The van der Waals surface area contributed by atoms with Gasteiger partial charge in [0.15, 0.2) is 0 Å². The minimum atomic E-state index is -3.27. The largest absolute Gasteiger partial charge is 0.462 e. The molecule has 15 atom stereocenters. The van der Waals surface area contributed by atoms with Gasteiger partial charge in [0.05, 0.1) is 79.9 Å². The second-order valence-electron chi connectivity index (χ2n) is 28.3. The topological polar surface area (TPSA) is 252 Å². The van der Waals surface area contributed by atoms with Gasteiger partial charge in [0, 0.05) is 120 Å². The fourth-order valence-corrected chi connectivity index (χ4v) is 16.9. The second kappa shape index (κ2) is 28.7. The van der Waals surface area contributed by atoms with Gasteiger partial charge in [-0.05, 0) is 105 Å². The third kappa shape index (κ3) is 13.4. The van der Waals surface area contributed by atoms with Crippen LogP contribution in [0.25, 0.3) is 51.6 Å². The lowest BCUT2D eigenvalue weighted by Gasteiger charge is -2.48. The molecule has 3 saturated carbocycles. The minimum absolute atomic E-state index is 0.168. The van der Waals surface area contributed by atoms with Crippen LogP contribution in [-0.4, -0.2) is 98.7 Å². The van der Waals surface area contributed by atoms with E-state index in [-0.39, 0.29) is 29.7 Å². The van der Waals surface area contributed by atoms with E-state index < -0.39 is 150 Å². The number of amides is 2. The first-order chi connectivity index (χ1) is 49.6. The van der Waals surface area contributed by atoms with Crippen LogP contribution in [0.3, 0.4) is 0 Å². The number of allylic oxidation sites excluding steroid dienone is 3. The van der Waals surface area contributed by atoms with Crippen LogP contribution in [0.5, 0.6) is 0 Å². The third-order valence-corrected chi connectivity index (χ3v) is 22.5. The normalized spacial score (nSPS) is 29.5. The van der Waals surface area contributed by atoms with E-state index in [9.17, 15) is 57.3 Å². The molecule has 4 aliphatic heterocycles. The maximum absolute atomic E-state index is 15.7. The first-order valence-electron chi connectivity index (χ1n) is 34.4. The molecule has 7 heterocycles. The lowest BCUT2D eigenvalue weighted by atomic mass is 9.56. The summed E-state index contributed by atoms with van der Waals surface area (Å²) in [5, 5.41) is 28.0. The van der Waals surface area contributed by atoms with Crippen molar-refractivity contribution >= 4 is 48.0 Å². The molecule has 2 amide bonds. The summed E-state index contributed by atoms with van der Waals surface area (Å²) in [7, 11) is 0. The number of hydrogen-bond acceptors (Lipinski definition) is 15. The molecule has 0 bridgehead atoms. The summed E-state index contributed by atoms with van der Waals surface area (Å²) in [6.45, 7) is 9.05. The first-order valence-corrected chi connectivity index (χ1v) is 34.4. The summed E-state index contributed by atoms with van der Waals surface area (Å²) in [5.74, 6) is -19.5. The zero-order chi connectivity index (χ0) is 74.4. The Bertz CT molecular complexity index is 4690. The van der Waals surface area contributed by atoms with Gasteiger partial charge in [-0.1, -0.05) is 124 Å². The standard InChI is InChI=1S/C33H27F2N3O4.C25H25F2N3O2.C24H22F2N2O2/c1-19-24(14-13-23-12-11-22(16-37-23)25-8-4-3-7-21(25)15-36)28-20(2)42-31(41)32(28,17-33(19,34)35)18-38-29(39)26-9-5-6-10-27(26)30(38)40;1-15-20(22-16(2)32-23(31)24(22,14-29)13-25(15,26)27)10-9-19-8-7-18(12-30-19)21-6-4-3-5-17(21)11-28;1-14-19(22-15(2)30-23(29)21(22)11-24(14,25)26)10-9-18-8-7-17(13-28-18)20-6-4-3-5-16(20)12-27/h3-14,16,19-20,24,28H,17-18H2,1-2H3;3-10,12,15-16,20,22H,13-14,29H2,1-2H3;3-10,13-15,19,21-22H,11H2,1-2H3/b14-13+;2*10-9+/t19-,20+,24-,28-,32-;15-,16+,20-,22-,24-;14-,15+,19-,21+,22-/m000/s1. The van der Waals surface area contributed by atoms with Crippen molar-refractivity contribution in [2.24, 2.45) is 75.7 Å². The number of nitrogens with two attached hydrogens (primary N) is 1. The van der Waals surface area contributed by atoms with Gasteiger partial charge >= 0.3 is 17.9 Å². The number of nitriles is 3. The molecule has 4 aromatic carbocycles. The van der Waals surface area contributed by atoms with Crippen LogP contribution in [0.2, 0.25) is 0 Å². The van der Waals surface area contributed by atoms with Gasteiger partial charge in [-0.3, -0.25) is 43.8 Å². The Balaban J connectivity index is 0.000000150. The molecule has 2 N–H and O–H groups in total. The first kappa shape index (κ1) is 72.9. The van der Waals surface area contributed by atoms with Gasteiger partial charge < -0.3 is 19.9 Å². The predicted molar refractivity (Wildman–Crippen MR) is 373 cm³/mol. The van der Waals surface area contributed by atoms with E-state index >= 15 is 8.78 Å². The summed E-state index contributed by atoms with van der Waals surface area (Å²) in [6, 6.07) is 45.2. The van der Waals surface area contributed by atoms with Crippen LogP contribution in [0, 0.1) is 104 Å². The molecule has 104 heavy (non-hydrogen) atoms. The number of aromatic nitrogens is 3. The Kier molecular flexibility index (Phi) is 20.1. The van der Waals surface area contributed by atoms with Gasteiger partial charge in [0.2, 0.25) is 0 Å². The lowest BCUT2D eigenvalue weighted by Crippen LogP contribution is -2.58. The number of carbonyl (C=O) groups is 5. The highest BCUT2D eigenvalue weighted by molar-refractivity contribution is 6.21. The van der Waals surface area contributed by atoms with Crippen LogP contribution >= 0.6 is 0 Å². The number of pyridine rings is 3. The number of carbonyl (C=O) groups excluding carboxylic acids is 5. The third-order valence-electron chi connectivity index (χ3n) is 22.5. The van der Waals surface area contributed by atoms with E-state index in [0.717, 1.165) is 38.3 Å². The molecule has 14 rings (SSSR count). The SMILES string of the molecule is C[C@H]1OC(=O)[C@@H]2CC(F)(F)[C@@H](C)[C@H](/C=C/c3ccc(-c4ccccc4C#N)cn3)[C@H]12.C[C@H]1OC(=O)[C@]2(CN)CC(F)(F)[C@@H](C)[C@H](/C=C/c3ccc(-c4ccccc4C#N)cn3)[C@H]12.C[C@H]1OC(=O)[C@]2(CN3C(=O)c4ccccc4C3=O)CC(F)(F)[C@@H](C)[C@H](/C=C/c3ccc(-c4ccccc4C#N)cn3)[C@H]12. The van der Waals surface area contributed by atoms with Crippen molar-refractivity contribution in [2.45, 2.75) is 96.9 Å². The van der Waals surface area contributed by atoms with Crippen LogP contribution in [-0.2, 0) is 28.6 Å². The number of halogens is 6. The summed E-state index contributed by atoms with van der Waals surface area (Å²) in [4.78, 5) is 78.5. The number of esters is 3. The maximum atomic E-state index is 15.7. The molecular weight excluding hydrogens is 1340 g/mol. The van der Waals surface area contributed by atoms with Crippen LogP contribution < -0.4 is 5.73 Å². The maximum Gasteiger partial charge on any atom is 0.314 e. The molecule has 22 heteroatoms. The Labute approximate surface area is 597 Å². The predicted octanol–water partition coefficient (Wildman–Crippen LogP) is 15.3. The van der Waals surface area contributed by atoms with Crippen molar-refractivity contribution in [3.05, 3.63) is 215 Å². The van der Waals surface area contributed by atoms with Crippen molar-refractivity contribution in [2.75, 3.05) is 13.1 Å². The molecule has 3 aromatic heterocycles. The van der Waals surface area contributed by atoms with Crippen LogP contribution in [0.1, 0.15) is 115 Å². The minimum Gasteiger partial charge on any atom is -0.462 e. The number of imide groups is 1. The van der Waals surface area contributed by atoms with Crippen molar-refractivity contribution in [3.8, 4) is 51.6 Å². The fourth-order valence-electron chi connectivity index (χ4n) is 16.9. The zero-order valence-corrected chi connectivity index (χ0v) is 57.7. The highest BCUT2D eigenvalue weighted by Gasteiger charge is 2.70. The molecule has 3 aliphatic carbocycles. The molecule has 7 aromatic rings. The van der Waals surface area contributed by atoms with E-state index in [1.54, 1.807) is 149 Å². The van der Waals surface area contributed by atoms with Crippen molar-refractivity contribution in [1.29, 1.82) is 15.8 Å². The Morgan fingerprint density at radius 2 is 0.827 bits per heavy atom. The van der Waals surface area contributed by atoms with E-state index in [4.69, 9.17) is 19.9 Å². The van der Waals surface area contributed by atoms with E-state index in [1.165, 1.54) is 32.9 Å². The summed E-state index contributed by atoms with van der Waals surface area (Å²) in [5.41, 5.74) is 11.1. The summed E-state index contributed by atoms with van der Waals surface area (Å²) in [6.07, 6.45) is 11.7. The molecule has 0 radical (unpaired) electrons. The Morgan fingerprint density at radius 1 is 0.471 bits per heavy atom. The van der Waals surface area contributed by atoms with Crippen LogP contribution in [0.15, 0.2) is 170 Å². The molecular formula is C82H74F6N8O8.